The van der Waals surface area contributed by atoms with Crippen molar-refractivity contribution < 1.29 is 47.0 Å². The number of carbonyl (C=O) groups excluding carboxylic acids is 6. The first-order valence-electron chi connectivity index (χ1n) is 14.2. The van der Waals surface area contributed by atoms with Crippen molar-refractivity contribution in [2.24, 2.45) is 11.7 Å². The molecule has 2 rings (SSSR count). The number of rotatable bonds is 16. The van der Waals surface area contributed by atoms with Crippen LogP contribution in [0, 0.1) is 5.92 Å². The lowest BCUT2D eigenvalue weighted by molar-refractivity contribution is -0.174. The summed E-state index contributed by atoms with van der Waals surface area (Å²) in [6, 6.07) is 9.96. The van der Waals surface area contributed by atoms with Crippen LogP contribution in [0.4, 0.5) is 13.2 Å². The lowest BCUT2D eigenvalue weighted by Gasteiger charge is -2.23. The standard InChI is InChI=1S/C30H37F3N6O7/c1-17(2)12-21(26(34)43)38-28(45)23(13-18-6-4-3-5-7-18)37-25(42)16-35-24(41)15-36-27(44)22(39-29(46)30(31,32)33)14-19-8-10-20(40)11-9-19/h3-11,17,21-23,40H,12-16H2,1-2H3,(H2,34,43)(H,35,41)(H,36,44)(H,37,42)(H,38,45)(H,39,46)/t21-,22-,23-/m0/s1. The number of benzene rings is 2. The summed E-state index contributed by atoms with van der Waals surface area (Å²) in [5, 5.41) is 20.4. The van der Waals surface area contributed by atoms with E-state index >= 15 is 0 Å². The Morgan fingerprint density at radius 2 is 1.26 bits per heavy atom. The molecule has 0 aliphatic carbocycles. The minimum atomic E-state index is -5.28. The van der Waals surface area contributed by atoms with Gasteiger partial charge in [0.05, 0.1) is 13.1 Å². The van der Waals surface area contributed by atoms with Gasteiger partial charge in [-0.05, 0) is 35.6 Å². The lowest BCUT2D eigenvalue weighted by atomic mass is 10.0. The summed E-state index contributed by atoms with van der Waals surface area (Å²) >= 11 is 0. The zero-order chi connectivity index (χ0) is 34.4. The van der Waals surface area contributed by atoms with Gasteiger partial charge in [0, 0.05) is 12.8 Å². The Morgan fingerprint density at radius 3 is 1.80 bits per heavy atom. The van der Waals surface area contributed by atoms with Crippen LogP contribution in [0.15, 0.2) is 54.6 Å². The summed E-state index contributed by atoms with van der Waals surface area (Å²) in [7, 11) is 0. The van der Waals surface area contributed by atoms with Gasteiger partial charge in [-0.3, -0.25) is 28.8 Å². The molecule has 0 aromatic heterocycles. The zero-order valence-corrected chi connectivity index (χ0v) is 25.1. The van der Waals surface area contributed by atoms with Gasteiger partial charge < -0.3 is 37.4 Å². The lowest BCUT2D eigenvalue weighted by Crippen LogP contribution is -2.55. The van der Waals surface area contributed by atoms with Crippen LogP contribution in [0.5, 0.6) is 5.75 Å². The maximum Gasteiger partial charge on any atom is 0.471 e. The van der Waals surface area contributed by atoms with Crippen LogP contribution >= 0.6 is 0 Å². The maximum atomic E-state index is 13.1. The van der Waals surface area contributed by atoms with E-state index in [0.29, 0.717) is 11.1 Å². The third-order valence-electron chi connectivity index (χ3n) is 6.43. The fourth-order valence-corrected chi connectivity index (χ4v) is 4.14. The third-order valence-corrected chi connectivity index (χ3v) is 6.43. The molecule has 0 aliphatic heterocycles. The molecule has 13 nitrogen and oxygen atoms in total. The second kappa shape index (κ2) is 17.4. The van der Waals surface area contributed by atoms with Crippen LogP contribution < -0.4 is 32.3 Å². The molecule has 16 heteroatoms. The van der Waals surface area contributed by atoms with E-state index in [9.17, 15) is 47.0 Å². The molecule has 3 atom stereocenters. The van der Waals surface area contributed by atoms with Crippen molar-refractivity contribution in [3.8, 4) is 5.75 Å². The molecule has 0 fully saturated rings. The van der Waals surface area contributed by atoms with Gasteiger partial charge in [-0.25, -0.2) is 0 Å². The normalized spacial score (nSPS) is 13.1. The van der Waals surface area contributed by atoms with Crippen LogP contribution in [0.2, 0.25) is 0 Å². The van der Waals surface area contributed by atoms with Crippen molar-refractivity contribution in [2.45, 2.75) is 57.4 Å². The van der Waals surface area contributed by atoms with Gasteiger partial charge in [-0.15, -0.1) is 0 Å². The average Bonchev–Trinajstić information content (AvgIpc) is 2.98. The minimum absolute atomic E-state index is 0.0275. The van der Waals surface area contributed by atoms with Crippen molar-refractivity contribution in [1.82, 2.24) is 26.6 Å². The Kier molecular flexibility index (Phi) is 14.0. The topological polar surface area (TPSA) is 209 Å². The largest absolute Gasteiger partial charge is 0.508 e. The van der Waals surface area contributed by atoms with Crippen LogP contribution in [0.1, 0.15) is 31.4 Å². The first kappa shape index (κ1) is 37.0. The molecule has 0 heterocycles. The van der Waals surface area contributed by atoms with Crippen LogP contribution in [0.25, 0.3) is 0 Å². The number of hydrogen-bond acceptors (Lipinski definition) is 7. The highest BCUT2D eigenvalue weighted by Crippen LogP contribution is 2.16. The van der Waals surface area contributed by atoms with Crippen molar-refractivity contribution >= 4 is 35.4 Å². The van der Waals surface area contributed by atoms with Gasteiger partial charge >= 0.3 is 12.1 Å². The van der Waals surface area contributed by atoms with E-state index in [1.807, 2.05) is 13.8 Å². The molecule has 8 N–H and O–H groups in total. The average molecular weight is 651 g/mol. The molecule has 2 aromatic rings. The molecule has 0 radical (unpaired) electrons. The Bertz CT molecular complexity index is 1370. The van der Waals surface area contributed by atoms with E-state index < -0.39 is 79.3 Å². The number of phenols is 1. The number of nitrogens with one attached hydrogen (secondary N) is 5. The van der Waals surface area contributed by atoms with Crippen molar-refractivity contribution in [3.63, 3.8) is 0 Å². The van der Waals surface area contributed by atoms with E-state index in [1.54, 1.807) is 35.6 Å². The molecule has 0 bridgehead atoms. The quantitative estimate of drug-likeness (QED) is 0.132. The number of alkyl halides is 3. The highest BCUT2D eigenvalue weighted by atomic mass is 19.4. The molecular weight excluding hydrogens is 613 g/mol. The number of halogens is 3. The predicted molar refractivity (Wildman–Crippen MR) is 158 cm³/mol. The fourth-order valence-electron chi connectivity index (χ4n) is 4.14. The smallest absolute Gasteiger partial charge is 0.471 e. The SMILES string of the molecule is CC(C)C[C@H](NC(=O)[C@H](Cc1ccccc1)NC(=O)CNC(=O)CNC(=O)[C@H](Cc1ccc(O)cc1)NC(=O)C(F)(F)F)C(N)=O. The number of carbonyl (C=O) groups is 6. The zero-order valence-electron chi connectivity index (χ0n) is 25.1. The molecule has 0 aliphatic rings. The number of nitrogens with two attached hydrogens (primary N) is 1. The van der Waals surface area contributed by atoms with E-state index in [0.717, 1.165) is 0 Å². The summed E-state index contributed by atoms with van der Waals surface area (Å²) < 4.78 is 38.5. The van der Waals surface area contributed by atoms with Gasteiger partial charge in [0.2, 0.25) is 29.5 Å². The molecule has 2 aromatic carbocycles. The maximum absolute atomic E-state index is 13.1. The number of aromatic hydroxyl groups is 1. The Labute approximate surface area is 262 Å². The Balaban J connectivity index is 2.00. The highest BCUT2D eigenvalue weighted by molar-refractivity contribution is 5.94. The second-order valence-electron chi connectivity index (χ2n) is 10.8. The van der Waals surface area contributed by atoms with Gasteiger partial charge in [0.1, 0.15) is 23.9 Å². The molecule has 46 heavy (non-hydrogen) atoms. The van der Waals surface area contributed by atoms with E-state index in [-0.39, 0.29) is 24.5 Å². The van der Waals surface area contributed by atoms with Gasteiger partial charge in [-0.2, -0.15) is 13.2 Å². The van der Waals surface area contributed by atoms with Crippen LogP contribution in [-0.4, -0.2) is 77.9 Å². The van der Waals surface area contributed by atoms with Crippen LogP contribution in [0.3, 0.4) is 0 Å². The highest BCUT2D eigenvalue weighted by Gasteiger charge is 2.41. The van der Waals surface area contributed by atoms with Crippen molar-refractivity contribution in [2.75, 3.05) is 13.1 Å². The minimum Gasteiger partial charge on any atom is -0.508 e. The summed E-state index contributed by atoms with van der Waals surface area (Å²) in [6.07, 6.45) is -5.36. The third kappa shape index (κ3) is 13.2. The van der Waals surface area contributed by atoms with E-state index in [1.165, 1.54) is 24.3 Å². The molecule has 0 spiro atoms. The molecule has 0 saturated carbocycles. The number of hydrogen-bond donors (Lipinski definition) is 7. The van der Waals surface area contributed by atoms with Crippen LogP contribution in [-0.2, 0) is 41.6 Å². The molecule has 0 unspecified atom stereocenters. The molecular formula is C30H37F3N6O7. The fraction of sp³-hybridized carbons (Fsp3) is 0.400. The summed E-state index contributed by atoms with van der Waals surface area (Å²) in [6.45, 7) is 2.28. The van der Waals surface area contributed by atoms with Crippen molar-refractivity contribution in [1.29, 1.82) is 0 Å². The Morgan fingerprint density at radius 1 is 0.717 bits per heavy atom. The number of phenolic OH excluding ortho intramolecular Hbond substituents is 1. The Hall–Kier alpha value is -5.15. The number of amides is 6. The van der Waals surface area contributed by atoms with Gasteiger partial charge in [-0.1, -0.05) is 56.3 Å². The van der Waals surface area contributed by atoms with Gasteiger partial charge in [0.15, 0.2) is 0 Å². The predicted octanol–water partition coefficient (Wildman–Crippen LogP) is -0.0421. The van der Waals surface area contributed by atoms with E-state index in [4.69, 9.17) is 5.73 Å². The second-order valence-corrected chi connectivity index (χ2v) is 10.8. The molecule has 0 saturated heterocycles. The summed E-state index contributed by atoms with van der Waals surface area (Å²) in [5.74, 6) is -6.70. The summed E-state index contributed by atoms with van der Waals surface area (Å²) in [5.41, 5.74) is 6.42. The molecule has 250 valence electrons. The number of primary amides is 1. The summed E-state index contributed by atoms with van der Waals surface area (Å²) in [4.78, 5) is 74.1. The van der Waals surface area contributed by atoms with Gasteiger partial charge in [0.25, 0.3) is 0 Å². The van der Waals surface area contributed by atoms with Crippen molar-refractivity contribution in [3.05, 3.63) is 65.7 Å². The first-order valence-corrected chi connectivity index (χ1v) is 14.2. The van der Waals surface area contributed by atoms with E-state index in [2.05, 4.69) is 21.3 Å². The molecule has 6 amide bonds. The monoisotopic (exact) mass is 650 g/mol. The first-order chi connectivity index (χ1) is 21.5.